The SMILES string of the molecule is [C-]#[N+]c1ccncc1-c1ccc(CC(=O)c2ccnc(-c3c(F)cccc3OC)n2)c(C2CCC(N)CC2)c1. The van der Waals surface area contributed by atoms with Crippen molar-refractivity contribution in [3.63, 3.8) is 0 Å². The zero-order chi connectivity index (χ0) is 27.4. The number of pyridine rings is 1. The number of rotatable bonds is 7. The maximum atomic E-state index is 14.6. The number of ether oxygens (including phenoxy) is 1. The van der Waals surface area contributed by atoms with Gasteiger partial charge >= 0.3 is 0 Å². The first-order chi connectivity index (χ1) is 19.0. The van der Waals surface area contributed by atoms with Crippen LogP contribution in [0.4, 0.5) is 10.1 Å². The molecule has 196 valence electrons. The van der Waals surface area contributed by atoms with Gasteiger partial charge in [0.25, 0.3) is 0 Å². The summed E-state index contributed by atoms with van der Waals surface area (Å²) in [5.74, 6) is -0.0810. The number of nitrogens with zero attached hydrogens (tertiary/aromatic N) is 4. The summed E-state index contributed by atoms with van der Waals surface area (Å²) in [5, 5.41) is 0. The molecule has 0 spiro atoms. The lowest BCUT2D eigenvalue weighted by Gasteiger charge is -2.28. The molecular formula is C31H28FN5O2. The summed E-state index contributed by atoms with van der Waals surface area (Å²) in [7, 11) is 1.45. The van der Waals surface area contributed by atoms with Crippen LogP contribution in [0.3, 0.4) is 0 Å². The van der Waals surface area contributed by atoms with Crippen LogP contribution in [0, 0.1) is 12.4 Å². The fraction of sp³-hybridized carbons (Fsp3) is 0.258. The Morgan fingerprint density at radius 1 is 1.13 bits per heavy atom. The van der Waals surface area contributed by atoms with Crippen molar-refractivity contribution in [2.24, 2.45) is 5.73 Å². The first-order valence-electron chi connectivity index (χ1n) is 12.9. The van der Waals surface area contributed by atoms with E-state index in [4.69, 9.17) is 17.0 Å². The van der Waals surface area contributed by atoms with Crippen LogP contribution in [0.5, 0.6) is 5.75 Å². The smallest absolute Gasteiger partial charge is 0.197 e. The number of nitrogens with two attached hydrogens (primary N) is 1. The van der Waals surface area contributed by atoms with E-state index < -0.39 is 5.82 Å². The molecule has 2 heterocycles. The highest BCUT2D eigenvalue weighted by Crippen LogP contribution is 2.38. The molecule has 8 heteroatoms. The van der Waals surface area contributed by atoms with Gasteiger partial charge in [0.05, 0.1) is 19.2 Å². The van der Waals surface area contributed by atoms with Crippen LogP contribution in [0.1, 0.15) is 53.2 Å². The first-order valence-corrected chi connectivity index (χ1v) is 12.9. The van der Waals surface area contributed by atoms with Crippen LogP contribution in [-0.4, -0.2) is 33.9 Å². The molecule has 39 heavy (non-hydrogen) atoms. The Bertz CT molecular complexity index is 1560. The van der Waals surface area contributed by atoms with E-state index in [1.165, 1.54) is 19.4 Å². The topological polar surface area (TPSA) is 95.3 Å². The number of Topliss-reactive ketones (excluding diaryl/α,β-unsaturated/α-hetero) is 1. The van der Waals surface area contributed by atoms with Crippen LogP contribution >= 0.6 is 0 Å². The van der Waals surface area contributed by atoms with Gasteiger partial charge in [-0.25, -0.2) is 19.2 Å². The zero-order valence-electron chi connectivity index (χ0n) is 21.6. The Labute approximate surface area is 226 Å². The van der Waals surface area contributed by atoms with Gasteiger partial charge in [0.1, 0.15) is 17.3 Å². The predicted octanol–water partition coefficient (Wildman–Crippen LogP) is 6.31. The molecule has 0 aliphatic heterocycles. The average Bonchev–Trinajstić information content (AvgIpc) is 2.97. The van der Waals surface area contributed by atoms with Crippen molar-refractivity contribution in [1.29, 1.82) is 0 Å². The summed E-state index contributed by atoms with van der Waals surface area (Å²) in [6, 6.07) is 13.9. The summed E-state index contributed by atoms with van der Waals surface area (Å²) in [6.07, 6.45) is 8.60. The Hall–Kier alpha value is -4.48. The van der Waals surface area contributed by atoms with E-state index >= 15 is 0 Å². The molecule has 2 aromatic heterocycles. The van der Waals surface area contributed by atoms with Crippen molar-refractivity contribution >= 4 is 11.5 Å². The lowest BCUT2D eigenvalue weighted by Crippen LogP contribution is -2.26. The number of carbonyl (C=O) groups is 1. The van der Waals surface area contributed by atoms with Crippen LogP contribution in [0.15, 0.2) is 67.1 Å². The van der Waals surface area contributed by atoms with E-state index in [9.17, 15) is 9.18 Å². The highest BCUT2D eigenvalue weighted by atomic mass is 19.1. The standard InChI is InChI=1S/C31H28FN5O2/c1-34-26-12-14-35-18-24(26)20-6-7-21(23(16-20)19-8-10-22(33)11-9-19)17-28(38)27-13-15-36-31(37-27)30-25(32)4-3-5-29(30)39-2/h3-7,12-16,18-19,22H,8-11,17,33H2,2H3. The second-order valence-corrected chi connectivity index (χ2v) is 9.71. The number of hydrogen-bond acceptors (Lipinski definition) is 6. The molecule has 4 aromatic rings. The second kappa shape index (κ2) is 11.5. The van der Waals surface area contributed by atoms with Crippen molar-refractivity contribution in [3.05, 3.63) is 101 Å². The largest absolute Gasteiger partial charge is 0.496 e. The molecule has 0 bridgehead atoms. The molecule has 1 saturated carbocycles. The summed E-state index contributed by atoms with van der Waals surface area (Å²) < 4.78 is 19.9. The van der Waals surface area contributed by atoms with E-state index in [1.807, 2.05) is 12.1 Å². The van der Waals surface area contributed by atoms with Gasteiger partial charge in [-0.2, -0.15) is 0 Å². The fourth-order valence-corrected chi connectivity index (χ4v) is 5.23. The molecular weight excluding hydrogens is 493 g/mol. The third kappa shape index (κ3) is 5.54. The van der Waals surface area contributed by atoms with Crippen molar-refractivity contribution in [2.75, 3.05) is 7.11 Å². The van der Waals surface area contributed by atoms with E-state index in [0.29, 0.717) is 11.4 Å². The molecule has 5 rings (SSSR count). The van der Waals surface area contributed by atoms with E-state index in [0.717, 1.165) is 47.9 Å². The van der Waals surface area contributed by atoms with Crippen molar-refractivity contribution in [2.45, 2.75) is 44.1 Å². The molecule has 0 saturated heterocycles. The van der Waals surface area contributed by atoms with Crippen LogP contribution < -0.4 is 10.5 Å². The number of hydrogen-bond donors (Lipinski definition) is 1. The number of aromatic nitrogens is 3. The van der Waals surface area contributed by atoms with Crippen molar-refractivity contribution < 1.29 is 13.9 Å². The third-order valence-electron chi connectivity index (χ3n) is 7.30. The summed E-state index contributed by atoms with van der Waals surface area (Å²) in [6.45, 7) is 7.55. The molecule has 0 amide bonds. The monoisotopic (exact) mass is 521 g/mol. The van der Waals surface area contributed by atoms with Crippen LogP contribution in [0.25, 0.3) is 27.4 Å². The average molecular weight is 522 g/mol. The van der Waals surface area contributed by atoms with Gasteiger partial charge in [0.2, 0.25) is 0 Å². The highest BCUT2D eigenvalue weighted by Gasteiger charge is 2.25. The fourth-order valence-electron chi connectivity index (χ4n) is 5.23. The minimum Gasteiger partial charge on any atom is -0.496 e. The first kappa shape index (κ1) is 26.1. The summed E-state index contributed by atoms with van der Waals surface area (Å²) >= 11 is 0. The predicted molar refractivity (Wildman–Crippen MR) is 147 cm³/mol. The molecule has 1 fully saturated rings. The lowest BCUT2D eigenvalue weighted by atomic mass is 9.78. The Morgan fingerprint density at radius 3 is 2.72 bits per heavy atom. The number of benzene rings is 2. The molecule has 1 aliphatic rings. The lowest BCUT2D eigenvalue weighted by molar-refractivity contribution is 0.0987. The van der Waals surface area contributed by atoms with Crippen LogP contribution in [-0.2, 0) is 6.42 Å². The molecule has 0 radical (unpaired) electrons. The Kier molecular flexibility index (Phi) is 7.71. The molecule has 1 aliphatic carbocycles. The molecule has 7 nitrogen and oxygen atoms in total. The van der Waals surface area contributed by atoms with Crippen molar-refractivity contribution in [3.8, 4) is 28.3 Å². The maximum Gasteiger partial charge on any atom is 0.197 e. The number of methoxy groups -OCH3 is 1. The minimum absolute atomic E-state index is 0.0934. The van der Waals surface area contributed by atoms with E-state index in [-0.39, 0.29) is 41.2 Å². The van der Waals surface area contributed by atoms with Gasteiger partial charge in [-0.3, -0.25) is 9.78 Å². The molecule has 2 N–H and O–H groups in total. The normalized spacial score (nSPS) is 16.9. The highest BCUT2D eigenvalue weighted by molar-refractivity contribution is 5.96. The Morgan fingerprint density at radius 2 is 1.95 bits per heavy atom. The second-order valence-electron chi connectivity index (χ2n) is 9.71. The summed E-state index contributed by atoms with van der Waals surface area (Å²) in [4.78, 5) is 30.0. The quantitative estimate of drug-likeness (QED) is 0.226. The Balaban J connectivity index is 1.50. The minimum atomic E-state index is -0.526. The number of halogens is 1. The van der Waals surface area contributed by atoms with Gasteiger partial charge in [-0.05, 0) is 72.6 Å². The van der Waals surface area contributed by atoms with Gasteiger partial charge in [-0.15, -0.1) is 0 Å². The van der Waals surface area contributed by atoms with E-state index in [2.05, 4.69) is 25.9 Å². The van der Waals surface area contributed by atoms with Gasteiger partial charge in [-0.1, -0.05) is 24.3 Å². The maximum absolute atomic E-state index is 14.6. The van der Waals surface area contributed by atoms with Crippen molar-refractivity contribution in [1.82, 2.24) is 15.0 Å². The molecule has 0 unspecified atom stereocenters. The molecule has 2 aromatic carbocycles. The van der Waals surface area contributed by atoms with Crippen LogP contribution in [0.2, 0.25) is 0 Å². The molecule has 0 atom stereocenters. The third-order valence-corrected chi connectivity index (χ3v) is 7.30. The van der Waals surface area contributed by atoms with Gasteiger partial charge in [0, 0.05) is 36.6 Å². The van der Waals surface area contributed by atoms with E-state index in [1.54, 1.807) is 36.7 Å². The van der Waals surface area contributed by atoms with Gasteiger partial charge < -0.3 is 10.5 Å². The van der Waals surface area contributed by atoms with Gasteiger partial charge in [0.15, 0.2) is 17.3 Å². The summed E-state index contributed by atoms with van der Waals surface area (Å²) in [5.41, 5.74) is 10.7. The number of ketones is 1. The number of carbonyl (C=O) groups excluding carboxylic acids is 1. The zero-order valence-corrected chi connectivity index (χ0v) is 21.6.